The molecule has 1 aromatic carbocycles. The largest absolute Gasteiger partial charge is 0.446 e. The van der Waals surface area contributed by atoms with Crippen LogP contribution < -0.4 is 0 Å². The number of nitrogens with zero attached hydrogens (tertiary/aromatic N) is 1. The molecule has 3 nitrogen and oxygen atoms in total. The zero-order valence-corrected chi connectivity index (χ0v) is 9.62. The molecule has 0 aliphatic carbocycles. The highest BCUT2D eigenvalue weighted by atomic mass is 79.9. The number of halogens is 5. The molecular formula is C7H2BrF4NO2S. The van der Waals surface area contributed by atoms with Gasteiger partial charge in [-0.1, -0.05) is 0 Å². The number of rotatable bonds is 2. The van der Waals surface area contributed by atoms with E-state index in [0.29, 0.717) is 6.07 Å². The summed E-state index contributed by atoms with van der Waals surface area (Å²) in [7, 11) is 0. The summed E-state index contributed by atoms with van der Waals surface area (Å²) in [5, 5.41) is 10.3. The van der Waals surface area contributed by atoms with Gasteiger partial charge in [-0.25, -0.2) is 4.39 Å². The first kappa shape index (κ1) is 13.2. The fourth-order valence-corrected chi connectivity index (χ4v) is 2.08. The number of hydrogen-bond acceptors (Lipinski definition) is 3. The number of nitro benzene ring substituents is 1. The Labute approximate surface area is 99.1 Å². The van der Waals surface area contributed by atoms with E-state index in [1.807, 2.05) is 0 Å². The van der Waals surface area contributed by atoms with Crippen molar-refractivity contribution >= 4 is 33.4 Å². The molecule has 0 N–H and O–H groups in total. The third-order valence-electron chi connectivity index (χ3n) is 1.41. The number of thioether (sulfide) groups is 1. The van der Waals surface area contributed by atoms with E-state index in [1.165, 1.54) is 0 Å². The van der Waals surface area contributed by atoms with Crippen LogP contribution in [0, 0.1) is 15.9 Å². The van der Waals surface area contributed by atoms with Crippen molar-refractivity contribution in [2.45, 2.75) is 10.4 Å². The Bertz CT molecular complexity index is 414. The van der Waals surface area contributed by atoms with Crippen LogP contribution in [-0.4, -0.2) is 10.4 Å². The van der Waals surface area contributed by atoms with Gasteiger partial charge >= 0.3 is 5.51 Å². The lowest BCUT2D eigenvalue weighted by Gasteiger charge is -2.08. The number of alkyl halides is 3. The van der Waals surface area contributed by atoms with Crippen LogP contribution in [0.3, 0.4) is 0 Å². The molecule has 0 saturated carbocycles. The number of nitro groups is 1. The molecule has 0 saturated heterocycles. The van der Waals surface area contributed by atoms with Gasteiger partial charge in [0.05, 0.1) is 15.9 Å². The Morgan fingerprint density at radius 1 is 1.38 bits per heavy atom. The van der Waals surface area contributed by atoms with E-state index in [1.54, 1.807) is 0 Å². The first-order chi connectivity index (χ1) is 7.20. The van der Waals surface area contributed by atoms with Crippen molar-refractivity contribution in [3.63, 3.8) is 0 Å². The van der Waals surface area contributed by atoms with Crippen LogP contribution >= 0.6 is 27.7 Å². The lowest BCUT2D eigenvalue weighted by Crippen LogP contribution is -2.01. The summed E-state index contributed by atoms with van der Waals surface area (Å²) in [6.07, 6.45) is 0. The van der Waals surface area contributed by atoms with Gasteiger partial charge in [0.2, 0.25) is 0 Å². The van der Waals surface area contributed by atoms with E-state index in [-0.39, 0.29) is 4.47 Å². The molecule has 16 heavy (non-hydrogen) atoms. The van der Waals surface area contributed by atoms with Crippen LogP contribution in [0.15, 0.2) is 21.5 Å². The molecule has 0 amide bonds. The van der Waals surface area contributed by atoms with Crippen molar-refractivity contribution in [1.29, 1.82) is 0 Å². The fourth-order valence-electron chi connectivity index (χ4n) is 0.865. The van der Waals surface area contributed by atoms with Crippen molar-refractivity contribution in [2.24, 2.45) is 0 Å². The maximum Gasteiger partial charge on any atom is 0.446 e. The maximum absolute atomic E-state index is 13.1. The van der Waals surface area contributed by atoms with E-state index in [9.17, 15) is 27.7 Å². The molecule has 1 aromatic rings. The van der Waals surface area contributed by atoms with Gasteiger partial charge in [0, 0.05) is 10.5 Å². The molecular weight excluding hydrogens is 318 g/mol. The van der Waals surface area contributed by atoms with Crippen molar-refractivity contribution in [2.75, 3.05) is 0 Å². The van der Waals surface area contributed by atoms with Crippen LogP contribution in [0.5, 0.6) is 0 Å². The van der Waals surface area contributed by atoms with Gasteiger partial charge in [0.1, 0.15) is 5.82 Å². The van der Waals surface area contributed by atoms with Gasteiger partial charge in [-0.15, -0.1) is 0 Å². The van der Waals surface area contributed by atoms with Gasteiger partial charge < -0.3 is 0 Å². The van der Waals surface area contributed by atoms with E-state index in [4.69, 9.17) is 0 Å². The lowest BCUT2D eigenvalue weighted by molar-refractivity contribution is -0.385. The summed E-state index contributed by atoms with van der Waals surface area (Å²) in [5.41, 5.74) is -5.27. The minimum absolute atomic E-state index is 0.304. The van der Waals surface area contributed by atoms with Crippen LogP contribution in [0.4, 0.5) is 23.2 Å². The molecule has 0 aromatic heterocycles. The zero-order valence-electron chi connectivity index (χ0n) is 7.22. The summed E-state index contributed by atoms with van der Waals surface area (Å²) in [5.74, 6) is -1.29. The van der Waals surface area contributed by atoms with Crippen molar-refractivity contribution in [3.8, 4) is 0 Å². The summed E-state index contributed by atoms with van der Waals surface area (Å²) in [4.78, 5) is 8.67. The van der Waals surface area contributed by atoms with Gasteiger partial charge in [0.25, 0.3) is 5.69 Å². The van der Waals surface area contributed by atoms with E-state index >= 15 is 0 Å². The van der Waals surface area contributed by atoms with E-state index in [0.717, 1.165) is 6.07 Å². The van der Waals surface area contributed by atoms with E-state index < -0.39 is 38.6 Å². The molecule has 0 heterocycles. The molecule has 0 fully saturated rings. The first-order valence-corrected chi connectivity index (χ1v) is 5.21. The van der Waals surface area contributed by atoms with Crippen LogP contribution in [-0.2, 0) is 0 Å². The summed E-state index contributed by atoms with van der Waals surface area (Å²) in [6, 6.07) is 1.26. The van der Waals surface area contributed by atoms with Gasteiger partial charge in [-0.2, -0.15) is 13.2 Å². The molecule has 1 rings (SSSR count). The van der Waals surface area contributed by atoms with Crippen LogP contribution in [0.1, 0.15) is 0 Å². The zero-order chi connectivity index (χ0) is 12.5. The molecule has 88 valence electrons. The summed E-state index contributed by atoms with van der Waals surface area (Å²) < 4.78 is 48.8. The SMILES string of the molecule is O=[N+]([O-])c1cc(F)c(SC(F)(F)F)c(Br)c1. The third-order valence-corrected chi connectivity index (χ3v) is 3.15. The monoisotopic (exact) mass is 319 g/mol. The van der Waals surface area contributed by atoms with Crippen LogP contribution in [0.25, 0.3) is 0 Å². The molecule has 9 heteroatoms. The number of benzene rings is 1. The standard InChI is InChI=1S/C7H2BrF4NO2S/c8-4-1-3(13(14)15)2-5(9)6(4)16-7(10,11)12/h1-2H. The van der Waals surface area contributed by atoms with Gasteiger partial charge in [-0.3, -0.25) is 10.1 Å². The van der Waals surface area contributed by atoms with Crippen molar-refractivity contribution < 1.29 is 22.5 Å². The maximum atomic E-state index is 13.1. The Balaban J connectivity index is 3.18. The minimum atomic E-state index is -4.65. The third kappa shape index (κ3) is 3.34. The molecule has 0 spiro atoms. The van der Waals surface area contributed by atoms with Crippen molar-refractivity contribution in [3.05, 3.63) is 32.5 Å². The average molecular weight is 320 g/mol. The smallest absolute Gasteiger partial charge is 0.258 e. The summed E-state index contributed by atoms with van der Waals surface area (Å²) >= 11 is 1.98. The molecule has 0 atom stereocenters. The quantitative estimate of drug-likeness (QED) is 0.356. The van der Waals surface area contributed by atoms with E-state index in [2.05, 4.69) is 15.9 Å². The molecule has 0 unspecified atom stereocenters. The molecule has 0 aliphatic rings. The molecule has 0 radical (unpaired) electrons. The highest BCUT2D eigenvalue weighted by Crippen LogP contribution is 2.42. The van der Waals surface area contributed by atoms with Gasteiger partial charge in [0.15, 0.2) is 0 Å². The fraction of sp³-hybridized carbons (Fsp3) is 0.143. The highest BCUT2D eigenvalue weighted by Gasteiger charge is 2.32. The second-order valence-electron chi connectivity index (χ2n) is 2.54. The highest BCUT2D eigenvalue weighted by molar-refractivity contribution is 9.10. The molecule has 0 bridgehead atoms. The topological polar surface area (TPSA) is 43.1 Å². The summed E-state index contributed by atoms with van der Waals surface area (Å²) in [6.45, 7) is 0. The van der Waals surface area contributed by atoms with Crippen molar-refractivity contribution in [1.82, 2.24) is 0 Å². The molecule has 0 aliphatic heterocycles. The Morgan fingerprint density at radius 2 is 1.94 bits per heavy atom. The Hall–Kier alpha value is -0.830. The van der Waals surface area contributed by atoms with Gasteiger partial charge in [-0.05, 0) is 27.7 Å². The normalized spacial score (nSPS) is 11.6. The minimum Gasteiger partial charge on any atom is -0.258 e. The Morgan fingerprint density at radius 3 is 2.31 bits per heavy atom. The average Bonchev–Trinajstić information content (AvgIpc) is 2.09. The predicted molar refractivity (Wildman–Crippen MR) is 52.7 cm³/mol. The second kappa shape index (κ2) is 4.58. The first-order valence-electron chi connectivity index (χ1n) is 3.60. The number of hydrogen-bond donors (Lipinski definition) is 0. The number of non-ortho nitro benzene ring substituents is 1. The second-order valence-corrected chi connectivity index (χ2v) is 4.47. The lowest BCUT2D eigenvalue weighted by atomic mass is 10.3. The predicted octanol–water partition coefficient (Wildman–Crippen LogP) is 4.11. The van der Waals surface area contributed by atoms with Crippen LogP contribution in [0.2, 0.25) is 0 Å². The Kier molecular flexibility index (Phi) is 3.79.